The molecule has 1 amide bonds. The van der Waals surface area contributed by atoms with E-state index in [4.69, 9.17) is 9.26 Å². The van der Waals surface area contributed by atoms with Crippen LogP contribution in [0.3, 0.4) is 0 Å². The van der Waals surface area contributed by atoms with Gasteiger partial charge >= 0.3 is 5.97 Å². The first-order valence-electron chi connectivity index (χ1n) is 8.57. The average Bonchev–Trinajstić information content (AvgIpc) is 3.21. The lowest BCUT2D eigenvalue weighted by Gasteiger charge is -2.28. The number of benzene rings is 1. The Kier molecular flexibility index (Phi) is 5.07. The van der Waals surface area contributed by atoms with Gasteiger partial charge in [-0.15, -0.1) is 11.8 Å². The fourth-order valence-electron chi connectivity index (χ4n) is 2.75. The molecule has 2 aromatic heterocycles. The number of aromatic nitrogens is 3. The summed E-state index contributed by atoms with van der Waals surface area (Å²) in [6.45, 7) is 1.46. The van der Waals surface area contributed by atoms with Crippen molar-refractivity contribution in [3.05, 3.63) is 54.7 Å². The first-order chi connectivity index (χ1) is 13.6. The summed E-state index contributed by atoms with van der Waals surface area (Å²) >= 11 is 1.46. The van der Waals surface area contributed by atoms with Gasteiger partial charge in [-0.25, -0.2) is 0 Å². The predicted octanol–water partition coefficient (Wildman–Crippen LogP) is 2.87. The van der Waals surface area contributed by atoms with Crippen molar-refractivity contribution in [2.24, 2.45) is 0 Å². The van der Waals surface area contributed by atoms with Crippen molar-refractivity contribution in [3.8, 4) is 11.4 Å². The molecule has 3 aromatic rings. The molecule has 0 aliphatic carbocycles. The number of ether oxygens (including phenoxy) is 1. The highest BCUT2D eigenvalue weighted by Gasteiger charge is 2.28. The van der Waals surface area contributed by atoms with Crippen molar-refractivity contribution in [3.63, 3.8) is 0 Å². The summed E-state index contributed by atoms with van der Waals surface area (Å²) in [6, 6.07) is 11.0. The number of nitrogens with zero attached hydrogens (tertiary/aromatic N) is 4. The first kappa shape index (κ1) is 18.2. The van der Waals surface area contributed by atoms with Gasteiger partial charge in [-0.1, -0.05) is 17.3 Å². The van der Waals surface area contributed by atoms with Crippen LogP contribution >= 0.6 is 11.8 Å². The topological polar surface area (TPSA) is 98.4 Å². The first-order valence-corrected chi connectivity index (χ1v) is 9.56. The zero-order valence-corrected chi connectivity index (χ0v) is 15.8. The molecule has 1 atom stereocenters. The molecular weight excluding hydrogens is 380 g/mol. The second-order valence-electron chi connectivity index (χ2n) is 6.07. The van der Waals surface area contributed by atoms with Crippen LogP contribution in [0.25, 0.3) is 11.4 Å². The second kappa shape index (κ2) is 7.81. The zero-order valence-electron chi connectivity index (χ0n) is 14.9. The number of hydrogen-bond donors (Lipinski definition) is 0. The minimum Gasteiger partial charge on any atom is -0.451 e. The van der Waals surface area contributed by atoms with Crippen LogP contribution in [-0.4, -0.2) is 39.3 Å². The standard InChI is InChI=1S/C19H16N4O4S/c1-12(19-21-18(22-27-19)13-5-4-8-20-9-13)26-17(25)10-23-14-6-2-3-7-15(14)28-11-16(23)24/h2-9,12H,10-11H2,1H3. The third-order valence-electron chi connectivity index (χ3n) is 4.11. The average molecular weight is 396 g/mol. The minimum absolute atomic E-state index is 0.134. The molecule has 142 valence electrons. The van der Waals surface area contributed by atoms with Crippen LogP contribution in [-0.2, 0) is 14.3 Å². The van der Waals surface area contributed by atoms with E-state index in [2.05, 4.69) is 15.1 Å². The van der Waals surface area contributed by atoms with Gasteiger partial charge in [0.15, 0.2) is 6.10 Å². The third-order valence-corrected chi connectivity index (χ3v) is 5.16. The van der Waals surface area contributed by atoms with E-state index in [1.807, 2.05) is 24.3 Å². The molecule has 28 heavy (non-hydrogen) atoms. The molecule has 0 spiro atoms. The van der Waals surface area contributed by atoms with Crippen molar-refractivity contribution in [1.29, 1.82) is 0 Å². The van der Waals surface area contributed by atoms with E-state index in [1.54, 1.807) is 31.5 Å². The fourth-order valence-corrected chi connectivity index (χ4v) is 3.69. The Bertz CT molecular complexity index is 1010. The van der Waals surface area contributed by atoms with Gasteiger partial charge in [0, 0.05) is 22.9 Å². The van der Waals surface area contributed by atoms with Crippen molar-refractivity contribution in [2.45, 2.75) is 17.9 Å². The molecule has 0 N–H and O–H groups in total. The van der Waals surface area contributed by atoms with Crippen molar-refractivity contribution in [2.75, 3.05) is 17.2 Å². The fraction of sp³-hybridized carbons (Fsp3) is 0.211. The van der Waals surface area contributed by atoms with E-state index in [0.717, 1.165) is 4.90 Å². The van der Waals surface area contributed by atoms with Crippen LogP contribution in [0.4, 0.5) is 5.69 Å². The third kappa shape index (κ3) is 3.74. The van der Waals surface area contributed by atoms with E-state index >= 15 is 0 Å². The number of anilines is 1. The number of fused-ring (bicyclic) bond motifs is 1. The minimum atomic E-state index is -0.741. The lowest BCUT2D eigenvalue weighted by atomic mass is 10.2. The largest absolute Gasteiger partial charge is 0.451 e. The van der Waals surface area contributed by atoms with Gasteiger partial charge in [0.2, 0.25) is 11.7 Å². The number of carbonyl (C=O) groups excluding carboxylic acids is 2. The smallest absolute Gasteiger partial charge is 0.326 e. The van der Waals surface area contributed by atoms with Gasteiger partial charge in [-0.2, -0.15) is 4.98 Å². The number of rotatable bonds is 5. The summed E-state index contributed by atoms with van der Waals surface area (Å²) < 4.78 is 10.6. The van der Waals surface area contributed by atoms with Crippen molar-refractivity contribution < 1.29 is 18.8 Å². The highest BCUT2D eigenvalue weighted by atomic mass is 32.2. The Morgan fingerprint density at radius 1 is 1.32 bits per heavy atom. The maximum atomic E-state index is 12.4. The summed E-state index contributed by atoms with van der Waals surface area (Å²) in [7, 11) is 0. The Morgan fingerprint density at radius 2 is 2.18 bits per heavy atom. The van der Waals surface area contributed by atoms with Crippen LogP contribution in [0.2, 0.25) is 0 Å². The molecule has 0 radical (unpaired) electrons. The maximum Gasteiger partial charge on any atom is 0.326 e. The van der Waals surface area contributed by atoms with Gasteiger partial charge in [-0.05, 0) is 31.2 Å². The molecule has 1 aliphatic rings. The van der Waals surface area contributed by atoms with Gasteiger partial charge in [0.05, 0.1) is 11.4 Å². The van der Waals surface area contributed by atoms with Crippen LogP contribution in [0.5, 0.6) is 0 Å². The van der Waals surface area contributed by atoms with Gasteiger partial charge in [0.1, 0.15) is 6.54 Å². The molecule has 0 saturated carbocycles. The highest BCUT2D eigenvalue weighted by molar-refractivity contribution is 8.00. The Hall–Kier alpha value is -3.20. The quantitative estimate of drug-likeness (QED) is 0.607. The Balaban J connectivity index is 1.43. The zero-order chi connectivity index (χ0) is 19.5. The second-order valence-corrected chi connectivity index (χ2v) is 7.08. The van der Waals surface area contributed by atoms with Crippen molar-refractivity contribution in [1.82, 2.24) is 15.1 Å². The summed E-state index contributed by atoms with van der Waals surface area (Å²) in [4.78, 5) is 35.3. The molecule has 1 aliphatic heterocycles. The number of hydrogen-bond acceptors (Lipinski definition) is 8. The molecular formula is C19H16N4O4S. The lowest BCUT2D eigenvalue weighted by molar-refractivity contribution is -0.148. The number of pyridine rings is 1. The highest BCUT2D eigenvalue weighted by Crippen LogP contribution is 2.34. The number of esters is 1. The van der Waals surface area contributed by atoms with Crippen LogP contribution in [0.1, 0.15) is 18.9 Å². The van der Waals surface area contributed by atoms with Crippen LogP contribution < -0.4 is 4.90 Å². The molecule has 8 nitrogen and oxygen atoms in total. The SMILES string of the molecule is CC(OC(=O)CN1C(=O)CSc2ccccc21)c1nc(-c2cccnc2)no1. The van der Waals surface area contributed by atoms with E-state index in [1.165, 1.54) is 16.7 Å². The molecule has 1 aromatic carbocycles. The van der Waals surface area contributed by atoms with Crippen molar-refractivity contribution >= 4 is 29.3 Å². The van der Waals surface area contributed by atoms with Crippen LogP contribution in [0.15, 0.2) is 58.2 Å². The normalized spacial score (nSPS) is 14.5. The summed E-state index contributed by atoms with van der Waals surface area (Å²) in [6.07, 6.45) is 2.52. The molecule has 3 heterocycles. The van der Waals surface area contributed by atoms with E-state index in [-0.39, 0.29) is 24.1 Å². The molecule has 1 unspecified atom stereocenters. The summed E-state index contributed by atoms with van der Waals surface area (Å²) in [5.74, 6) is 0.141. The Labute approximate surface area is 164 Å². The summed E-state index contributed by atoms with van der Waals surface area (Å²) in [5.41, 5.74) is 1.41. The number of thioether (sulfide) groups is 1. The Morgan fingerprint density at radius 3 is 3.00 bits per heavy atom. The monoisotopic (exact) mass is 396 g/mol. The number of amides is 1. The molecule has 0 fully saturated rings. The van der Waals surface area contributed by atoms with Gasteiger partial charge in [-0.3, -0.25) is 19.5 Å². The van der Waals surface area contributed by atoms with Gasteiger partial charge in [0.25, 0.3) is 5.89 Å². The van der Waals surface area contributed by atoms with Crippen LogP contribution in [0, 0.1) is 0 Å². The lowest BCUT2D eigenvalue weighted by Crippen LogP contribution is -2.40. The predicted molar refractivity (Wildman–Crippen MR) is 102 cm³/mol. The molecule has 0 saturated heterocycles. The van der Waals surface area contributed by atoms with E-state index in [0.29, 0.717) is 17.1 Å². The number of para-hydroxylation sites is 1. The van der Waals surface area contributed by atoms with E-state index < -0.39 is 12.1 Å². The van der Waals surface area contributed by atoms with Gasteiger partial charge < -0.3 is 9.26 Å². The molecule has 0 bridgehead atoms. The number of carbonyl (C=O) groups is 2. The van der Waals surface area contributed by atoms with E-state index in [9.17, 15) is 9.59 Å². The maximum absolute atomic E-state index is 12.4. The summed E-state index contributed by atoms with van der Waals surface area (Å²) in [5, 5.41) is 3.89. The molecule has 9 heteroatoms. The molecule has 4 rings (SSSR count).